The summed E-state index contributed by atoms with van der Waals surface area (Å²) in [5.74, 6) is -1.46. The van der Waals surface area contributed by atoms with Crippen molar-refractivity contribution in [2.75, 3.05) is 6.54 Å². The summed E-state index contributed by atoms with van der Waals surface area (Å²) in [5.41, 5.74) is 0. The van der Waals surface area contributed by atoms with E-state index >= 15 is 0 Å². The molecule has 6 heteroatoms. The first-order valence-corrected chi connectivity index (χ1v) is 7.09. The van der Waals surface area contributed by atoms with Gasteiger partial charge < -0.3 is 10.6 Å². The first-order chi connectivity index (χ1) is 8.98. The van der Waals surface area contributed by atoms with E-state index in [0.717, 1.165) is 19.3 Å². The lowest BCUT2D eigenvalue weighted by Gasteiger charge is -2.35. The van der Waals surface area contributed by atoms with Crippen LogP contribution in [0.1, 0.15) is 44.9 Å². The molecule has 1 saturated heterocycles. The van der Waals surface area contributed by atoms with Gasteiger partial charge in [-0.15, -0.1) is 0 Å². The normalized spacial score (nSPS) is 33.6. The molecule has 2 fully saturated rings. The molecule has 2 rings (SSSR count). The van der Waals surface area contributed by atoms with Crippen LogP contribution in [0.4, 0.5) is 13.2 Å². The van der Waals surface area contributed by atoms with Crippen LogP contribution >= 0.6 is 0 Å². The van der Waals surface area contributed by atoms with Crippen LogP contribution < -0.4 is 10.6 Å². The van der Waals surface area contributed by atoms with Crippen molar-refractivity contribution in [1.82, 2.24) is 10.6 Å². The van der Waals surface area contributed by atoms with E-state index in [2.05, 4.69) is 10.6 Å². The topological polar surface area (TPSA) is 41.1 Å². The summed E-state index contributed by atoms with van der Waals surface area (Å²) < 4.78 is 38.9. The molecule has 1 amide bonds. The average molecular weight is 278 g/mol. The number of hydrogen-bond acceptors (Lipinski definition) is 2. The molecule has 3 atom stereocenters. The summed E-state index contributed by atoms with van der Waals surface area (Å²) in [6.45, 7) is 0.629. The largest absolute Gasteiger partial charge is 0.393 e. The zero-order chi connectivity index (χ0) is 13.9. The molecule has 1 aliphatic heterocycles. The van der Waals surface area contributed by atoms with E-state index in [4.69, 9.17) is 0 Å². The average Bonchev–Trinajstić information content (AvgIpc) is 2.54. The Morgan fingerprint density at radius 1 is 1.05 bits per heavy atom. The lowest BCUT2D eigenvalue weighted by atomic mass is 9.83. The zero-order valence-corrected chi connectivity index (χ0v) is 10.9. The van der Waals surface area contributed by atoms with Gasteiger partial charge in [0, 0.05) is 12.6 Å². The number of carbonyl (C=O) groups excluding carboxylic acids is 1. The predicted octanol–water partition coefficient (Wildman–Crippen LogP) is 2.37. The molecule has 2 aliphatic rings. The van der Waals surface area contributed by atoms with E-state index in [-0.39, 0.29) is 12.3 Å². The third kappa shape index (κ3) is 3.84. The molecule has 2 N–H and O–H groups in total. The van der Waals surface area contributed by atoms with Crippen molar-refractivity contribution in [3.8, 4) is 0 Å². The first-order valence-electron chi connectivity index (χ1n) is 7.09. The van der Waals surface area contributed by atoms with Crippen LogP contribution in [0.2, 0.25) is 0 Å². The third-order valence-electron chi connectivity index (χ3n) is 4.14. The van der Waals surface area contributed by atoms with Gasteiger partial charge in [0.1, 0.15) is 0 Å². The maximum absolute atomic E-state index is 13.0. The predicted molar refractivity (Wildman–Crippen MR) is 65.6 cm³/mol. The zero-order valence-electron chi connectivity index (χ0n) is 10.9. The molecule has 0 radical (unpaired) electrons. The van der Waals surface area contributed by atoms with Crippen LogP contribution in [-0.2, 0) is 4.79 Å². The summed E-state index contributed by atoms with van der Waals surface area (Å²) in [5, 5.41) is 5.73. The number of halogens is 3. The van der Waals surface area contributed by atoms with Gasteiger partial charge in [-0.2, -0.15) is 13.2 Å². The van der Waals surface area contributed by atoms with Crippen LogP contribution in [0.3, 0.4) is 0 Å². The fourth-order valence-electron chi connectivity index (χ4n) is 3.08. The highest BCUT2D eigenvalue weighted by Gasteiger charge is 2.46. The minimum atomic E-state index is -4.17. The van der Waals surface area contributed by atoms with E-state index in [1.165, 1.54) is 0 Å². The van der Waals surface area contributed by atoms with Gasteiger partial charge in [0.05, 0.1) is 12.0 Å². The van der Waals surface area contributed by atoms with Crippen molar-refractivity contribution in [1.29, 1.82) is 0 Å². The minimum absolute atomic E-state index is 0.149. The Kier molecular flexibility index (Phi) is 4.71. The van der Waals surface area contributed by atoms with Crippen LogP contribution in [0.5, 0.6) is 0 Å². The Balaban J connectivity index is 2.00. The molecule has 0 aromatic heterocycles. The van der Waals surface area contributed by atoms with Crippen LogP contribution in [0, 0.1) is 5.92 Å². The van der Waals surface area contributed by atoms with Gasteiger partial charge in [0.15, 0.2) is 0 Å². The van der Waals surface area contributed by atoms with Gasteiger partial charge >= 0.3 is 6.18 Å². The van der Waals surface area contributed by atoms with Gasteiger partial charge in [-0.3, -0.25) is 4.79 Å². The minimum Gasteiger partial charge on any atom is -0.355 e. The van der Waals surface area contributed by atoms with Crippen molar-refractivity contribution >= 4 is 5.91 Å². The fourth-order valence-corrected chi connectivity index (χ4v) is 3.08. The highest BCUT2D eigenvalue weighted by Crippen LogP contribution is 2.38. The first kappa shape index (κ1) is 14.6. The summed E-state index contributed by atoms with van der Waals surface area (Å²) in [4.78, 5) is 11.8. The maximum Gasteiger partial charge on any atom is 0.393 e. The summed E-state index contributed by atoms with van der Waals surface area (Å²) in [7, 11) is 0. The number of alkyl halides is 3. The lowest BCUT2D eigenvalue weighted by Crippen LogP contribution is -2.53. The Labute approximate surface area is 111 Å². The number of nitrogens with one attached hydrogen (secondary N) is 2. The highest BCUT2D eigenvalue weighted by atomic mass is 19.4. The number of hydrogen-bond donors (Lipinski definition) is 2. The molecular weight excluding hydrogens is 257 g/mol. The number of carbonyl (C=O) groups is 1. The monoisotopic (exact) mass is 278 g/mol. The molecule has 3 unspecified atom stereocenters. The Hall–Kier alpha value is -0.780. The standard InChI is InChI=1S/C13H21F3N2O/c14-13(15,16)9-5-1-2-6-10(9)18-11-7-3-4-8-17-12(11)19/h9-11,18H,1-8H2,(H,17,19). The van der Waals surface area contributed by atoms with Crippen LogP contribution in [-0.4, -0.2) is 30.7 Å². The van der Waals surface area contributed by atoms with Crippen LogP contribution in [0.15, 0.2) is 0 Å². The Morgan fingerprint density at radius 2 is 1.74 bits per heavy atom. The van der Waals surface area contributed by atoms with Crippen molar-refractivity contribution in [3.05, 3.63) is 0 Å². The highest BCUT2D eigenvalue weighted by molar-refractivity contribution is 5.81. The van der Waals surface area contributed by atoms with E-state index in [1.807, 2.05) is 0 Å². The van der Waals surface area contributed by atoms with Crippen molar-refractivity contribution in [2.45, 2.75) is 63.2 Å². The second kappa shape index (κ2) is 6.11. The van der Waals surface area contributed by atoms with E-state index in [0.29, 0.717) is 25.8 Å². The Morgan fingerprint density at radius 3 is 2.47 bits per heavy atom. The SMILES string of the molecule is O=C1NCCCCC1NC1CCCCC1C(F)(F)F. The van der Waals surface area contributed by atoms with Crippen LogP contribution in [0.25, 0.3) is 0 Å². The van der Waals surface area contributed by atoms with Gasteiger partial charge in [-0.05, 0) is 32.1 Å². The molecular formula is C13H21F3N2O. The van der Waals surface area contributed by atoms with E-state index in [9.17, 15) is 18.0 Å². The van der Waals surface area contributed by atoms with Gasteiger partial charge in [0.25, 0.3) is 0 Å². The summed E-state index contributed by atoms with van der Waals surface area (Å²) >= 11 is 0. The molecule has 1 saturated carbocycles. The lowest BCUT2D eigenvalue weighted by molar-refractivity contribution is -0.189. The Bertz CT molecular complexity index is 320. The van der Waals surface area contributed by atoms with E-state index < -0.39 is 24.2 Å². The smallest absolute Gasteiger partial charge is 0.355 e. The van der Waals surface area contributed by atoms with E-state index in [1.54, 1.807) is 0 Å². The molecule has 1 heterocycles. The molecule has 0 bridgehead atoms. The quantitative estimate of drug-likeness (QED) is 0.814. The molecule has 3 nitrogen and oxygen atoms in total. The molecule has 19 heavy (non-hydrogen) atoms. The fraction of sp³-hybridized carbons (Fsp3) is 0.923. The van der Waals surface area contributed by atoms with Crippen molar-refractivity contribution in [3.63, 3.8) is 0 Å². The summed E-state index contributed by atoms with van der Waals surface area (Å²) in [6.07, 6.45) is 0.352. The molecule has 1 aliphatic carbocycles. The maximum atomic E-state index is 13.0. The third-order valence-corrected chi connectivity index (χ3v) is 4.14. The second-order valence-electron chi connectivity index (χ2n) is 5.55. The summed E-state index contributed by atoms with van der Waals surface area (Å²) in [6, 6.07) is -1.07. The molecule has 0 aromatic carbocycles. The number of amides is 1. The molecule has 0 aromatic rings. The molecule has 0 spiro atoms. The van der Waals surface area contributed by atoms with Crippen molar-refractivity contribution < 1.29 is 18.0 Å². The van der Waals surface area contributed by atoms with Gasteiger partial charge in [0.2, 0.25) is 5.91 Å². The number of rotatable bonds is 2. The molecule has 110 valence electrons. The van der Waals surface area contributed by atoms with Crippen molar-refractivity contribution in [2.24, 2.45) is 5.92 Å². The van der Waals surface area contributed by atoms with Gasteiger partial charge in [-0.1, -0.05) is 12.8 Å². The van der Waals surface area contributed by atoms with Gasteiger partial charge in [-0.25, -0.2) is 0 Å². The second-order valence-corrected chi connectivity index (χ2v) is 5.55.